The minimum absolute atomic E-state index is 0.601. The van der Waals surface area contributed by atoms with Crippen LogP contribution in [0.5, 0.6) is 0 Å². The van der Waals surface area contributed by atoms with E-state index in [-0.39, 0.29) is 0 Å². The molecule has 0 aliphatic heterocycles. The minimum atomic E-state index is 0.601. The van der Waals surface area contributed by atoms with E-state index in [9.17, 15) is 0 Å². The summed E-state index contributed by atoms with van der Waals surface area (Å²) < 4.78 is 0. The highest BCUT2D eigenvalue weighted by atomic mass is 35.5. The summed E-state index contributed by atoms with van der Waals surface area (Å²) in [5.74, 6) is 0. The van der Waals surface area contributed by atoms with Crippen LogP contribution in [-0.4, -0.2) is 24.5 Å². The maximum absolute atomic E-state index is 5.74. The number of benzene rings is 1. The third-order valence-corrected chi connectivity index (χ3v) is 3.33. The summed E-state index contributed by atoms with van der Waals surface area (Å²) in [6.07, 6.45) is 1.08. The van der Waals surface area contributed by atoms with Crippen molar-refractivity contribution in [3.8, 4) is 0 Å². The van der Waals surface area contributed by atoms with Gasteiger partial charge in [-0.05, 0) is 56.5 Å². The summed E-state index contributed by atoms with van der Waals surface area (Å²) in [5.41, 5.74) is 5.59. The quantitative estimate of drug-likeness (QED) is 0.562. The van der Waals surface area contributed by atoms with Crippen LogP contribution in [0.25, 0.3) is 0 Å². The number of hydrogen-bond acceptors (Lipinski definition) is 1. The second kappa shape index (κ2) is 5.53. The number of rotatable bonds is 4. The fraction of sp³-hybridized carbons (Fsp3) is 0.538. The molecule has 0 fully saturated rings. The summed E-state index contributed by atoms with van der Waals surface area (Å²) >= 11 is 5.74. The van der Waals surface area contributed by atoms with E-state index in [1.807, 2.05) is 7.05 Å². The molecular formula is C13H20ClN. The largest absolute Gasteiger partial charge is 0.293 e. The van der Waals surface area contributed by atoms with Crippen LogP contribution in [0, 0.1) is 20.8 Å². The monoisotopic (exact) mass is 225 g/mol. The van der Waals surface area contributed by atoms with Crippen LogP contribution in [0.1, 0.15) is 22.3 Å². The lowest BCUT2D eigenvalue weighted by Crippen LogP contribution is -2.19. The lowest BCUT2D eigenvalue weighted by Gasteiger charge is -2.14. The fourth-order valence-electron chi connectivity index (χ4n) is 1.66. The molecule has 0 amide bonds. The van der Waals surface area contributed by atoms with Crippen molar-refractivity contribution >= 4 is 11.6 Å². The number of likely N-dealkylation sites (N-methyl/N-ethyl adjacent to an activating group) is 1. The van der Waals surface area contributed by atoms with Gasteiger partial charge < -0.3 is 0 Å². The second-order valence-electron chi connectivity index (χ2n) is 4.31. The molecule has 15 heavy (non-hydrogen) atoms. The maximum Gasteiger partial charge on any atom is 0.0736 e. The number of aryl methyl sites for hydroxylation is 3. The minimum Gasteiger partial charge on any atom is -0.293 e. The second-order valence-corrected chi connectivity index (χ2v) is 4.55. The first kappa shape index (κ1) is 12.5. The Balaban J connectivity index is 2.73. The Bertz CT molecular complexity index is 334. The Morgan fingerprint density at radius 3 is 2.27 bits per heavy atom. The van der Waals surface area contributed by atoms with Gasteiger partial charge in [0, 0.05) is 6.54 Å². The van der Waals surface area contributed by atoms with Crippen LogP contribution in [0.15, 0.2) is 12.1 Å². The van der Waals surface area contributed by atoms with Gasteiger partial charge in [0.2, 0.25) is 0 Å². The molecule has 1 rings (SSSR count). The van der Waals surface area contributed by atoms with Gasteiger partial charge in [-0.3, -0.25) is 4.90 Å². The molecule has 2 heteroatoms. The summed E-state index contributed by atoms with van der Waals surface area (Å²) in [4.78, 5) is 2.12. The van der Waals surface area contributed by atoms with Crippen molar-refractivity contribution < 1.29 is 0 Å². The fourth-order valence-corrected chi connectivity index (χ4v) is 1.78. The predicted molar refractivity (Wildman–Crippen MR) is 67.7 cm³/mol. The SMILES string of the molecule is Cc1cc(C)c(CCN(C)CCl)cc1C. The molecule has 1 aromatic carbocycles. The van der Waals surface area contributed by atoms with E-state index < -0.39 is 0 Å². The van der Waals surface area contributed by atoms with Crippen LogP contribution in [0.3, 0.4) is 0 Å². The number of halogens is 1. The van der Waals surface area contributed by atoms with Gasteiger partial charge in [0.25, 0.3) is 0 Å². The van der Waals surface area contributed by atoms with E-state index in [0.29, 0.717) is 6.00 Å². The molecule has 1 nitrogen and oxygen atoms in total. The summed E-state index contributed by atoms with van der Waals surface area (Å²) in [5, 5.41) is 0. The number of nitrogens with zero attached hydrogens (tertiary/aromatic N) is 1. The first-order valence-corrected chi connectivity index (χ1v) is 5.89. The molecule has 0 spiro atoms. The van der Waals surface area contributed by atoms with Crippen LogP contribution in [-0.2, 0) is 6.42 Å². The van der Waals surface area contributed by atoms with Crippen molar-refractivity contribution in [2.24, 2.45) is 0 Å². The Hall–Kier alpha value is -0.530. The van der Waals surface area contributed by atoms with Gasteiger partial charge in [-0.15, -0.1) is 11.6 Å². The van der Waals surface area contributed by atoms with Crippen molar-refractivity contribution in [3.63, 3.8) is 0 Å². The Morgan fingerprint density at radius 1 is 1.07 bits per heavy atom. The van der Waals surface area contributed by atoms with Gasteiger partial charge in [-0.2, -0.15) is 0 Å². The molecule has 0 N–H and O–H groups in total. The molecule has 0 aromatic heterocycles. The van der Waals surface area contributed by atoms with Gasteiger partial charge in [0.15, 0.2) is 0 Å². The van der Waals surface area contributed by atoms with Crippen molar-refractivity contribution in [2.45, 2.75) is 27.2 Å². The average Bonchev–Trinajstić information content (AvgIpc) is 2.21. The summed E-state index contributed by atoms with van der Waals surface area (Å²) in [7, 11) is 2.05. The normalized spacial score (nSPS) is 11.1. The highest BCUT2D eigenvalue weighted by Crippen LogP contribution is 2.16. The van der Waals surface area contributed by atoms with Crippen molar-refractivity contribution in [2.75, 3.05) is 19.6 Å². The van der Waals surface area contributed by atoms with Gasteiger partial charge in [-0.25, -0.2) is 0 Å². The molecule has 0 heterocycles. The van der Waals surface area contributed by atoms with Crippen molar-refractivity contribution in [3.05, 3.63) is 34.4 Å². The lowest BCUT2D eigenvalue weighted by molar-refractivity contribution is 0.394. The first-order chi connectivity index (χ1) is 7.04. The zero-order chi connectivity index (χ0) is 11.4. The number of alkyl halides is 1. The van der Waals surface area contributed by atoms with E-state index in [2.05, 4.69) is 37.8 Å². The van der Waals surface area contributed by atoms with E-state index in [1.54, 1.807) is 0 Å². The maximum atomic E-state index is 5.74. The van der Waals surface area contributed by atoms with Gasteiger partial charge >= 0.3 is 0 Å². The van der Waals surface area contributed by atoms with Crippen molar-refractivity contribution in [1.29, 1.82) is 0 Å². The smallest absolute Gasteiger partial charge is 0.0736 e. The molecule has 0 saturated heterocycles. The molecule has 1 aromatic rings. The van der Waals surface area contributed by atoms with Gasteiger partial charge in [-0.1, -0.05) is 12.1 Å². The molecule has 0 unspecified atom stereocenters. The molecule has 0 atom stereocenters. The molecule has 0 aliphatic rings. The Labute approximate surface area is 98.0 Å². The molecular weight excluding hydrogens is 206 g/mol. The average molecular weight is 226 g/mol. The molecule has 0 saturated carbocycles. The zero-order valence-electron chi connectivity index (χ0n) is 10.1. The first-order valence-electron chi connectivity index (χ1n) is 5.36. The van der Waals surface area contributed by atoms with E-state index in [0.717, 1.165) is 13.0 Å². The molecule has 0 aliphatic carbocycles. The van der Waals surface area contributed by atoms with Crippen molar-refractivity contribution in [1.82, 2.24) is 4.90 Å². The number of hydrogen-bond donors (Lipinski definition) is 0. The highest BCUT2D eigenvalue weighted by Gasteiger charge is 2.03. The van der Waals surface area contributed by atoms with E-state index in [1.165, 1.54) is 22.3 Å². The van der Waals surface area contributed by atoms with Crippen LogP contribution >= 0.6 is 11.6 Å². The van der Waals surface area contributed by atoms with Crippen LogP contribution < -0.4 is 0 Å². The van der Waals surface area contributed by atoms with Gasteiger partial charge in [0.1, 0.15) is 0 Å². The third kappa shape index (κ3) is 3.51. The third-order valence-electron chi connectivity index (χ3n) is 2.92. The molecule has 0 bridgehead atoms. The molecule has 0 radical (unpaired) electrons. The van der Waals surface area contributed by atoms with E-state index in [4.69, 9.17) is 11.6 Å². The topological polar surface area (TPSA) is 3.24 Å². The lowest BCUT2D eigenvalue weighted by atomic mass is 9.99. The Kier molecular flexibility index (Phi) is 4.62. The highest BCUT2D eigenvalue weighted by molar-refractivity contribution is 6.17. The van der Waals surface area contributed by atoms with E-state index >= 15 is 0 Å². The summed E-state index contributed by atoms with van der Waals surface area (Å²) in [6.45, 7) is 7.54. The van der Waals surface area contributed by atoms with Crippen LogP contribution in [0.2, 0.25) is 0 Å². The summed E-state index contributed by atoms with van der Waals surface area (Å²) in [6, 6.07) is 5.17. The zero-order valence-corrected chi connectivity index (χ0v) is 10.9. The van der Waals surface area contributed by atoms with Crippen LogP contribution in [0.4, 0.5) is 0 Å². The predicted octanol–water partition coefficient (Wildman–Crippen LogP) is 3.28. The Morgan fingerprint density at radius 2 is 1.67 bits per heavy atom. The standard InChI is InChI=1S/C13H20ClN/c1-10-7-12(3)13(8-11(10)2)5-6-15(4)9-14/h7-8H,5-6,9H2,1-4H3. The van der Waals surface area contributed by atoms with Gasteiger partial charge in [0.05, 0.1) is 6.00 Å². The molecule has 84 valence electrons.